The van der Waals surface area contributed by atoms with E-state index in [9.17, 15) is 0 Å². The lowest BCUT2D eigenvalue weighted by molar-refractivity contribution is 0.186. The molecular weight excluding hydrogens is 278 g/mol. The quantitative estimate of drug-likeness (QED) is 0.817. The smallest absolute Gasteiger partial charge is 0.254 e. The van der Waals surface area contributed by atoms with Crippen LogP contribution in [0, 0.1) is 5.92 Å². The van der Waals surface area contributed by atoms with Gasteiger partial charge in [0.25, 0.3) is 5.78 Å². The number of aryl methyl sites for hydroxylation is 1. The molecule has 1 saturated heterocycles. The second-order valence-corrected chi connectivity index (χ2v) is 6.44. The summed E-state index contributed by atoms with van der Waals surface area (Å²) < 4.78 is 7.45. The Morgan fingerprint density at radius 2 is 2.27 bits per heavy atom. The minimum atomic E-state index is 0.627. The normalized spacial score (nSPS) is 21.6. The molecule has 0 spiro atoms. The highest BCUT2D eigenvalue weighted by molar-refractivity contribution is 5.49. The molecule has 0 radical (unpaired) electrons. The first-order chi connectivity index (χ1) is 10.8. The molecule has 1 aliphatic heterocycles. The number of ether oxygens (including phenoxy) is 1. The van der Waals surface area contributed by atoms with Gasteiger partial charge in [0.05, 0.1) is 6.61 Å². The molecule has 1 aliphatic carbocycles. The van der Waals surface area contributed by atoms with Gasteiger partial charge in [0.15, 0.2) is 0 Å². The van der Waals surface area contributed by atoms with Gasteiger partial charge < -0.3 is 9.64 Å². The summed E-state index contributed by atoms with van der Waals surface area (Å²) >= 11 is 0. The molecule has 4 rings (SSSR count). The molecular formula is C16H23N5O. The van der Waals surface area contributed by atoms with Gasteiger partial charge in [-0.2, -0.15) is 14.6 Å². The van der Waals surface area contributed by atoms with E-state index in [1.54, 1.807) is 6.33 Å². The van der Waals surface area contributed by atoms with Crippen LogP contribution in [0.2, 0.25) is 0 Å². The van der Waals surface area contributed by atoms with Gasteiger partial charge in [-0.05, 0) is 25.7 Å². The average molecular weight is 301 g/mol. The van der Waals surface area contributed by atoms with E-state index in [2.05, 4.69) is 33.0 Å². The first-order valence-corrected chi connectivity index (χ1v) is 8.39. The Balaban J connectivity index is 1.70. The molecule has 0 N–H and O–H groups in total. The summed E-state index contributed by atoms with van der Waals surface area (Å²) in [7, 11) is 0. The van der Waals surface area contributed by atoms with Gasteiger partial charge in [0.2, 0.25) is 0 Å². The number of rotatable bonds is 6. The minimum absolute atomic E-state index is 0.627. The van der Waals surface area contributed by atoms with E-state index in [0.717, 1.165) is 50.5 Å². The molecule has 0 unspecified atom stereocenters. The van der Waals surface area contributed by atoms with E-state index in [1.807, 2.05) is 4.52 Å². The van der Waals surface area contributed by atoms with E-state index in [-0.39, 0.29) is 0 Å². The molecule has 0 amide bonds. The number of hydrogen-bond donors (Lipinski definition) is 0. The maximum Gasteiger partial charge on any atom is 0.254 e. The highest BCUT2D eigenvalue weighted by atomic mass is 16.5. The van der Waals surface area contributed by atoms with Gasteiger partial charge in [-0.1, -0.05) is 13.3 Å². The molecule has 2 aliphatic rings. The van der Waals surface area contributed by atoms with E-state index >= 15 is 0 Å². The van der Waals surface area contributed by atoms with Crippen molar-refractivity contribution in [1.29, 1.82) is 0 Å². The van der Waals surface area contributed by atoms with Crippen molar-refractivity contribution in [2.75, 3.05) is 24.7 Å². The van der Waals surface area contributed by atoms with Crippen molar-refractivity contribution < 1.29 is 4.74 Å². The van der Waals surface area contributed by atoms with Gasteiger partial charge in [-0.3, -0.25) is 0 Å². The molecule has 2 aromatic rings. The second kappa shape index (κ2) is 5.83. The van der Waals surface area contributed by atoms with Crippen molar-refractivity contribution in [3.63, 3.8) is 0 Å². The van der Waals surface area contributed by atoms with Crippen molar-refractivity contribution >= 4 is 11.6 Å². The zero-order chi connectivity index (χ0) is 14.9. The van der Waals surface area contributed by atoms with Crippen molar-refractivity contribution in [2.45, 2.75) is 45.1 Å². The predicted octanol–water partition coefficient (Wildman–Crippen LogP) is 2.08. The third-order valence-corrected chi connectivity index (χ3v) is 4.55. The van der Waals surface area contributed by atoms with E-state index in [1.165, 1.54) is 12.8 Å². The first-order valence-electron chi connectivity index (χ1n) is 8.39. The van der Waals surface area contributed by atoms with Crippen molar-refractivity contribution in [3.05, 3.63) is 18.1 Å². The summed E-state index contributed by atoms with van der Waals surface area (Å²) in [6, 6.07) is 2.85. The van der Waals surface area contributed by atoms with Crippen LogP contribution in [0.25, 0.3) is 5.78 Å². The first kappa shape index (κ1) is 13.9. The Hall–Kier alpha value is -1.69. The summed E-state index contributed by atoms with van der Waals surface area (Å²) in [5, 5.41) is 4.40. The highest BCUT2D eigenvalue weighted by Gasteiger charge is 2.33. The number of hydrogen-bond acceptors (Lipinski definition) is 5. The topological polar surface area (TPSA) is 55.6 Å². The van der Waals surface area contributed by atoms with Gasteiger partial charge in [0.1, 0.15) is 12.1 Å². The third-order valence-electron chi connectivity index (χ3n) is 4.55. The van der Waals surface area contributed by atoms with Crippen LogP contribution < -0.4 is 4.90 Å². The summed E-state index contributed by atoms with van der Waals surface area (Å²) in [6.07, 6.45) is 7.39. The Morgan fingerprint density at radius 1 is 1.36 bits per heavy atom. The third kappa shape index (κ3) is 2.67. The van der Waals surface area contributed by atoms with E-state index < -0.39 is 0 Å². The van der Waals surface area contributed by atoms with Crippen LogP contribution >= 0.6 is 0 Å². The summed E-state index contributed by atoms with van der Waals surface area (Å²) in [4.78, 5) is 11.4. The van der Waals surface area contributed by atoms with Crippen LogP contribution in [0.1, 0.15) is 38.3 Å². The molecule has 1 saturated carbocycles. The van der Waals surface area contributed by atoms with E-state index in [4.69, 9.17) is 4.74 Å². The zero-order valence-electron chi connectivity index (χ0n) is 13.1. The van der Waals surface area contributed by atoms with Crippen LogP contribution in [0.5, 0.6) is 0 Å². The minimum Gasteiger partial charge on any atom is -0.381 e. The fourth-order valence-electron chi connectivity index (χ4n) is 3.25. The Morgan fingerprint density at radius 3 is 3.00 bits per heavy atom. The molecule has 118 valence electrons. The van der Waals surface area contributed by atoms with Crippen LogP contribution in [0.4, 0.5) is 5.82 Å². The SMILES string of the molecule is CCCc1cc(N(C[C@H]2CCOC2)C2CC2)n2ncnc2n1. The molecule has 3 heterocycles. The lowest BCUT2D eigenvalue weighted by Crippen LogP contribution is -2.33. The van der Waals surface area contributed by atoms with Gasteiger partial charge in [-0.25, -0.2) is 4.98 Å². The van der Waals surface area contributed by atoms with Crippen molar-refractivity contribution in [1.82, 2.24) is 19.6 Å². The summed E-state index contributed by atoms with van der Waals surface area (Å²) in [5.41, 5.74) is 1.12. The van der Waals surface area contributed by atoms with Gasteiger partial charge >= 0.3 is 0 Å². The molecule has 22 heavy (non-hydrogen) atoms. The maximum absolute atomic E-state index is 5.55. The number of fused-ring (bicyclic) bond motifs is 1. The van der Waals surface area contributed by atoms with Gasteiger partial charge in [0, 0.05) is 36.9 Å². The number of aromatic nitrogens is 4. The van der Waals surface area contributed by atoms with Crippen LogP contribution in [0.3, 0.4) is 0 Å². The lowest BCUT2D eigenvalue weighted by Gasteiger charge is -2.27. The fraction of sp³-hybridized carbons (Fsp3) is 0.688. The van der Waals surface area contributed by atoms with Crippen LogP contribution in [-0.2, 0) is 11.2 Å². The number of nitrogens with zero attached hydrogens (tertiary/aromatic N) is 5. The van der Waals surface area contributed by atoms with Crippen molar-refractivity contribution in [2.24, 2.45) is 5.92 Å². The predicted molar refractivity (Wildman–Crippen MR) is 84.1 cm³/mol. The average Bonchev–Trinajstić information content (AvgIpc) is 3.03. The van der Waals surface area contributed by atoms with Crippen LogP contribution in [0.15, 0.2) is 12.4 Å². The van der Waals surface area contributed by atoms with Crippen LogP contribution in [-0.4, -0.2) is 45.4 Å². The molecule has 0 bridgehead atoms. The molecule has 6 nitrogen and oxygen atoms in total. The molecule has 2 aromatic heterocycles. The summed E-state index contributed by atoms with van der Waals surface area (Å²) in [5.74, 6) is 2.50. The molecule has 2 fully saturated rings. The summed E-state index contributed by atoms with van der Waals surface area (Å²) in [6.45, 7) is 5.02. The van der Waals surface area contributed by atoms with Gasteiger partial charge in [-0.15, -0.1) is 0 Å². The molecule has 1 atom stereocenters. The Bertz CT molecular complexity index is 645. The Kier molecular flexibility index (Phi) is 3.70. The standard InChI is InChI=1S/C16H23N5O/c1-2-3-13-8-15(21-16(19-13)17-11-18-21)20(14-4-5-14)9-12-6-7-22-10-12/h8,11-12,14H,2-7,9-10H2,1H3/t12-/m1/s1. The number of anilines is 1. The monoisotopic (exact) mass is 301 g/mol. The zero-order valence-corrected chi connectivity index (χ0v) is 13.1. The fourth-order valence-corrected chi connectivity index (χ4v) is 3.25. The molecule has 6 heteroatoms. The molecule has 0 aromatic carbocycles. The van der Waals surface area contributed by atoms with Crippen molar-refractivity contribution in [3.8, 4) is 0 Å². The highest BCUT2D eigenvalue weighted by Crippen LogP contribution is 2.33. The Labute approximate surface area is 130 Å². The second-order valence-electron chi connectivity index (χ2n) is 6.44. The largest absolute Gasteiger partial charge is 0.381 e. The maximum atomic E-state index is 5.55. The lowest BCUT2D eigenvalue weighted by atomic mass is 10.1. The van der Waals surface area contributed by atoms with E-state index in [0.29, 0.717) is 17.7 Å².